The first-order chi connectivity index (χ1) is 9.95. The van der Waals surface area contributed by atoms with E-state index >= 15 is 0 Å². The maximum Gasteiger partial charge on any atom is 0.416 e. The Balaban J connectivity index is 2.01. The number of halogens is 3. The predicted octanol–water partition coefficient (Wildman–Crippen LogP) is 5.02. The number of alkyl halides is 3. The smallest absolute Gasteiger partial charge is 0.340 e. The zero-order valence-electron chi connectivity index (χ0n) is 11.5. The minimum Gasteiger partial charge on any atom is -0.340 e. The van der Waals surface area contributed by atoms with Gasteiger partial charge in [-0.3, -0.25) is 0 Å². The van der Waals surface area contributed by atoms with Crippen molar-refractivity contribution < 1.29 is 13.2 Å². The summed E-state index contributed by atoms with van der Waals surface area (Å²) in [6, 6.07) is 15.4. The zero-order valence-corrected chi connectivity index (χ0v) is 11.5. The van der Waals surface area contributed by atoms with Gasteiger partial charge in [-0.2, -0.15) is 13.2 Å². The van der Waals surface area contributed by atoms with E-state index in [-0.39, 0.29) is 0 Å². The van der Waals surface area contributed by atoms with Crippen LogP contribution in [-0.2, 0) is 12.7 Å². The summed E-state index contributed by atoms with van der Waals surface area (Å²) in [7, 11) is 0. The van der Waals surface area contributed by atoms with Gasteiger partial charge < -0.3 is 4.57 Å². The van der Waals surface area contributed by atoms with Crippen LogP contribution in [0, 0.1) is 6.92 Å². The molecule has 3 rings (SSSR count). The van der Waals surface area contributed by atoms with Crippen molar-refractivity contribution in [2.45, 2.75) is 19.6 Å². The summed E-state index contributed by atoms with van der Waals surface area (Å²) < 4.78 is 40.3. The molecule has 0 saturated carbocycles. The van der Waals surface area contributed by atoms with Crippen LogP contribution in [0.25, 0.3) is 10.9 Å². The molecule has 21 heavy (non-hydrogen) atoms. The fourth-order valence-electron chi connectivity index (χ4n) is 2.59. The van der Waals surface area contributed by atoms with Crippen molar-refractivity contribution in [2.75, 3.05) is 0 Å². The Morgan fingerprint density at radius 3 is 2.48 bits per heavy atom. The number of hydrogen-bond donors (Lipinski definition) is 0. The van der Waals surface area contributed by atoms with Gasteiger partial charge in [0.05, 0.1) is 5.56 Å². The first kappa shape index (κ1) is 13.7. The Bertz CT molecular complexity index is 784. The molecular formula is C17H14F3N. The predicted molar refractivity (Wildman–Crippen MR) is 77.2 cm³/mol. The van der Waals surface area contributed by atoms with Crippen LogP contribution < -0.4 is 0 Å². The molecule has 0 radical (unpaired) electrons. The van der Waals surface area contributed by atoms with E-state index in [1.54, 1.807) is 6.07 Å². The summed E-state index contributed by atoms with van der Waals surface area (Å²) in [5, 5.41) is 1.10. The minimum absolute atomic E-state index is 0.434. The van der Waals surface area contributed by atoms with E-state index in [0.29, 0.717) is 12.1 Å². The lowest BCUT2D eigenvalue weighted by molar-refractivity contribution is -0.137. The number of nitrogens with zero attached hydrogens (tertiary/aromatic N) is 1. The maximum atomic E-state index is 12.8. The van der Waals surface area contributed by atoms with E-state index in [2.05, 4.69) is 0 Å². The van der Waals surface area contributed by atoms with Gasteiger partial charge in [0.2, 0.25) is 0 Å². The molecule has 0 saturated heterocycles. The summed E-state index contributed by atoms with van der Waals surface area (Å²) in [6.45, 7) is 2.40. The minimum atomic E-state index is -4.30. The summed E-state index contributed by atoms with van der Waals surface area (Å²) in [4.78, 5) is 0. The highest BCUT2D eigenvalue weighted by Gasteiger charge is 2.30. The van der Waals surface area contributed by atoms with Crippen LogP contribution in [-0.4, -0.2) is 4.57 Å². The van der Waals surface area contributed by atoms with E-state index in [4.69, 9.17) is 0 Å². The molecule has 0 bridgehead atoms. The number of para-hydroxylation sites is 1. The van der Waals surface area contributed by atoms with Crippen LogP contribution >= 0.6 is 0 Å². The Kier molecular flexibility index (Phi) is 3.24. The molecule has 0 N–H and O–H groups in total. The van der Waals surface area contributed by atoms with Crippen LogP contribution in [0.15, 0.2) is 54.6 Å². The van der Waals surface area contributed by atoms with Gasteiger partial charge in [0.25, 0.3) is 0 Å². The van der Waals surface area contributed by atoms with Gasteiger partial charge in [0, 0.05) is 17.8 Å². The molecule has 2 aromatic carbocycles. The Labute approximate surface area is 120 Å². The Morgan fingerprint density at radius 1 is 0.952 bits per heavy atom. The highest BCUT2D eigenvalue weighted by molar-refractivity contribution is 5.81. The maximum absolute atomic E-state index is 12.8. The van der Waals surface area contributed by atoms with Crippen LogP contribution in [0.4, 0.5) is 13.2 Å². The molecule has 0 fully saturated rings. The van der Waals surface area contributed by atoms with Gasteiger partial charge in [-0.25, -0.2) is 0 Å². The molecule has 0 aliphatic carbocycles. The molecule has 1 heterocycles. The monoisotopic (exact) mass is 289 g/mol. The summed E-state index contributed by atoms with van der Waals surface area (Å²) in [6.07, 6.45) is -4.30. The van der Waals surface area contributed by atoms with E-state index in [1.807, 2.05) is 41.8 Å². The molecule has 0 aliphatic rings. The van der Waals surface area contributed by atoms with E-state index < -0.39 is 11.7 Å². The second-order valence-electron chi connectivity index (χ2n) is 5.13. The molecule has 108 valence electrons. The third-order valence-electron chi connectivity index (χ3n) is 3.61. The highest BCUT2D eigenvalue weighted by Crippen LogP contribution is 2.30. The van der Waals surface area contributed by atoms with Crippen molar-refractivity contribution in [3.05, 3.63) is 71.4 Å². The summed E-state index contributed by atoms with van der Waals surface area (Å²) in [5.41, 5.74) is 2.12. The lowest BCUT2D eigenvalue weighted by Gasteiger charge is -2.11. The molecule has 0 atom stereocenters. The lowest BCUT2D eigenvalue weighted by atomic mass is 10.1. The number of rotatable bonds is 2. The van der Waals surface area contributed by atoms with Gasteiger partial charge in [0.15, 0.2) is 0 Å². The molecular weight excluding hydrogens is 275 g/mol. The molecule has 0 amide bonds. The van der Waals surface area contributed by atoms with Crippen LogP contribution in [0.1, 0.15) is 16.8 Å². The van der Waals surface area contributed by atoms with Crippen molar-refractivity contribution in [1.29, 1.82) is 0 Å². The summed E-state index contributed by atoms with van der Waals surface area (Å²) >= 11 is 0. The SMILES string of the molecule is Cc1cc2ccccc2n1Cc1cccc(C(F)(F)F)c1. The van der Waals surface area contributed by atoms with Gasteiger partial charge in [-0.15, -0.1) is 0 Å². The van der Waals surface area contributed by atoms with Gasteiger partial charge in [-0.1, -0.05) is 30.3 Å². The van der Waals surface area contributed by atoms with Crippen molar-refractivity contribution in [2.24, 2.45) is 0 Å². The zero-order chi connectivity index (χ0) is 15.0. The summed E-state index contributed by atoms with van der Waals surface area (Å²) in [5.74, 6) is 0. The lowest BCUT2D eigenvalue weighted by Crippen LogP contribution is -2.07. The number of hydrogen-bond acceptors (Lipinski definition) is 0. The molecule has 1 nitrogen and oxygen atoms in total. The number of benzene rings is 2. The third kappa shape index (κ3) is 2.66. The quantitative estimate of drug-likeness (QED) is 0.624. The first-order valence-corrected chi connectivity index (χ1v) is 6.66. The van der Waals surface area contributed by atoms with Crippen LogP contribution in [0.5, 0.6) is 0 Å². The van der Waals surface area contributed by atoms with Crippen molar-refractivity contribution in [3.63, 3.8) is 0 Å². The van der Waals surface area contributed by atoms with E-state index in [9.17, 15) is 13.2 Å². The third-order valence-corrected chi connectivity index (χ3v) is 3.61. The average molecular weight is 289 g/mol. The first-order valence-electron chi connectivity index (χ1n) is 6.66. The fraction of sp³-hybridized carbons (Fsp3) is 0.176. The standard InChI is InChI=1S/C17H14F3N/c1-12-9-14-6-2-3-8-16(14)21(12)11-13-5-4-7-15(10-13)17(18,19)20/h2-10H,11H2,1H3. The number of fused-ring (bicyclic) bond motifs is 1. The Hall–Kier alpha value is -2.23. The van der Waals surface area contributed by atoms with Crippen molar-refractivity contribution in [3.8, 4) is 0 Å². The van der Waals surface area contributed by atoms with Gasteiger partial charge in [-0.05, 0) is 42.1 Å². The fourth-order valence-corrected chi connectivity index (χ4v) is 2.59. The molecule has 0 spiro atoms. The number of aryl methyl sites for hydroxylation is 1. The van der Waals surface area contributed by atoms with Crippen LogP contribution in [0.3, 0.4) is 0 Å². The van der Waals surface area contributed by atoms with Crippen molar-refractivity contribution >= 4 is 10.9 Å². The van der Waals surface area contributed by atoms with Crippen LogP contribution in [0.2, 0.25) is 0 Å². The largest absolute Gasteiger partial charge is 0.416 e. The molecule has 0 unspecified atom stereocenters. The second kappa shape index (κ2) is 4.95. The molecule has 0 aliphatic heterocycles. The second-order valence-corrected chi connectivity index (χ2v) is 5.13. The van der Waals surface area contributed by atoms with Gasteiger partial charge >= 0.3 is 6.18 Å². The Morgan fingerprint density at radius 2 is 1.71 bits per heavy atom. The molecule has 3 aromatic rings. The number of aromatic nitrogens is 1. The van der Waals surface area contributed by atoms with E-state index in [1.165, 1.54) is 12.1 Å². The normalized spacial score (nSPS) is 12.0. The highest BCUT2D eigenvalue weighted by atomic mass is 19.4. The molecule has 1 aromatic heterocycles. The van der Waals surface area contributed by atoms with Gasteiger partial charge in [0.1, 0.15) is 0 Å². The van der Waals surface area contributed by atoms with Crippen molar-refractivity contribution in [1.82, 2.24) is 4.57 Å². The topological polar surface area (TPSA) is 4.93 Å². The molecule has 4 heteroatoms. The van der Waals surface area contributed by atoms with E-state index in [0.717, 1.165) is 22.7 Å². The average Bonchev–Trinajstić information content (AvgIpc) is 2.75.